The van der Waals surface area contributed by atoms with E-state index < -0.39 is 0 Å². The molecule has 1 aliphatic rings. The number of carbonyl (C=O) groups is 1. The van der Waals surface area contributed by atoms with Crippen LogP contribution < -0.4 is 4.74 Å². The first-order valence-corrected chi connectivity index (χ1v) is 9.81. The van der Waals surface area contributed by atoms with Crippen molar-refractivity contribution in [3.05, 3.63) is 66.7 Å². The first kappa shape index (κ1) is 19.1. The van der Waals surface area contributed by atoms with Crippen LogP contribution in [0.15, 0.2) is 65.5 Å². The van der Waals surface area contributed by atoms with Gasteiger partial charge in [0.25, 0.3) is 5.91 Å². The van der Waals surface area contributed by atoms with E-state index in [1.54, 1.807) is 6.26 Å². The Kier molecular flexibility index (Phi) is 6.16. The van der Waals surface area contributed by atoms with Crippen LogP contribution in [0.3, 0.4) is 0 Å². The van der Waals surface area contributed by atoms with E-state index in [4.69, 9.17) is 9.15 Å². The zero-order valence-corrected chi connectivity index (χ0v) is 16.2. The van der Waals surface area contributed by atoms with Gasteiger partial charge in [-0.15, -0.1) is 0 Å². The predicted octanol–water partition coefficient (Wildman–Crippen LogP) is 2.85. The number of hydrogen-bond acceptors (Lipinski definition) is 6. The maximum Gasteiger partial charge on any atom is 0.260 e. The van der Waals surface area contributed by atoms with Crippen molar-refractivity contribution in [2.24, 2.45) is 0 Å². The van der Waals surface area contributed by atoms with E-state index in [9.17, 15) is 4.79 Å². The molecule has 0 aliphatic carbocycles. The molecule has 1 aliphatic heterocycles. The molecule has 150 valence electrons. The maximum absolute atomic E-state index is 12.5. The van der Waals surface area contributed by atoms with Gasteiger partial charge in [-0.1, -0.05) is 18.2 Å². The standard InChI is InChI=1S/C22H24N4O3/c27-21(17-29-19-6-2-1-3-7-19)26-10-5-9-25(11-12-26)16-18-14-23-22(24-15-18)20-8-4-13-28-20/h1-4,6-8,13-15H,5,9-12,16-17H2. The lowest BCUT2D eigenvalue weighted by molar-refractivity contribution is -0.133. The Morgan fingerprint density at radius 3 is 2.59 bits per heavy atom. The van der Waals surface area contributed by atoms with Crippen molar-refractivity contribution in [3.63, 3.8) is 0 Å². The molecular formula is C22H24N4O3. The smallest absolute Gasteiger partial charge is 0.260 e. The van der Waals surface area contributed by atoms with Gasteiger partial charge in [-0.2, -0.15) is 0 Å². The van der Waals surface area contributed by atoms with E-state index in [0.29, 0.717) is 18.1 Å². The summed E-state index contributed by atoms with van der Waals surface area (Å²) < 4.78 is 10.9. The van der Waals surface area contributed by atoms with Gasteiger partial charge in [0.15, 0.2) is 18.2 Å². The summed E-state index contributed by atoms with van der Waals surface area (Å²) in [5.41, 5.74) is 1.05. The van der Waals surface area contributed by atoms with Gasteiger partial charge in [0.2, 0.25) is 0 Å². The summed E-state index contributed by atoms with van der Waals surface area (Å²) in [5, 5.41) is 0. The number of ether oxygens (including phenoxy) is 1. The minimum absolute atomic E-state index is 0.0295. The molecule has 0 N–H and O–H groups in total. The highest BCUT2D eigenvalue weighted by molar-refractivity contribution is 5.77. The fourth-order valence-electron chi connectivity index (χ4n) is 3.36. The topological polar surface area (TPSA) is 71.7 Å². The van der Waals surface area contributed by atoms with Gasteiger partial charge in [-0.05, 0) is 30.7 Å². The summed E-state index contributed by atoms with van der Waals surface area (Å²) in [6, 6.07) is 13.1. The average molecular weight is 392 g/mol. The SMILES string of the molecule is O=C(COc1ccccc1)N1CCCN(Cc2cnc(-c3ccco3)nc2)CC1. The second kappa shape index (κ2) is 9.34. The summed E-state index contributed by atoms with van der Waals surface area (Å²) >= 11 is 0. The highest BCUT2D eigenvalue weighted by Crippen LogP contribution is 2.15. The molecule has 1 amide bonds. The highest BCUT2D eigenvalue weighted by Gasteiger charge is 2.20. The molecule has 3 heterocycles. The molecule has 1 fully saturated rings. The van der Waals surface area contributed by atoms with Crippen LogP contribution in [0.2, 0.25) is 0 Å². The van der Waals surface area contributed by atoms with E-state index in [-0.39, 0.29) is 12.5 Å². The molecule has 0 unspecified atom stereocenters. The van der Waals surface area contributed by atoms with Gasteiger partial charge in [-0.25, -0.2) is 9.97 Å². The number of amides is 1. The van der Waals surface area contributed by atoms with Crippen LogP contribution in [-0.4, -0.2) is 58.5 Å². The Bertz CT molecular complexity index is 898. The van der Waals surface area contributed by atoms with Crippen molar-refractivity contribution in [2.45, 2.75) is 13.0 Å². The molecular weight excluding hydrogens is 368 g/mol. The molecule has 7 nitrogen and oxygen atoms in total. The number of aromatic nitrogens is 2. The number of carbonyl (C=O) groups excluding carboxylic acids is 1. The Balaban J connectivity index is 1.27. The summed E-state index contributed by atoms with van der Waals surface area (Å²) in [5.74, 6) is 2.00. The molecule has 0 atom stereocenters. The predicted molar refractivity (Wildman–Crippen MR) is 108 cm³/mol. The van der Waals surface area contributed by atoms with E-state index in [1.807, 2.05) is 59.8 Å². The molecule has 1 saturated heterocycles. The molecule has 7 heteroatoms. The summed E-state index contributed by atoms with van der Waals surface area (Å²) in [6.07, 6.45) is 6.23. The second-order valence-corrected chi connectivity index (χ2v) is 7.00. The van der Waals surface area contributed by atoms with Gasteiger partial charge in [0, 0.05) is 50.7 Å². The molecule has 0 bridgehead atoms. The minimum atomic E-state index is 0.0295. The number of benzene rings is 1. The zero-order chi connectivity index (χ0) is 19.9. The third kappa shape index (κ3) is 5.20. The molecule has 29 heavy (non-hydrogen) atoms. The van der Waals surface area contributed by atoms with Crippen LogP contribution >= 0.6 is 0 Å². The summed E-state index contributed by atoms with van der Waals surface area (Å²) in [7, 11) is 0. The normalized spacial score (nSPS) is 15.1. The summed E-state index contributed by atoms with van der Waals surface area (Å²) in [6.45, 7) is 4.04. The van der Waals surface area contributed by atoms with Crippen LogP contribution in [0.1, 0.15) is 12.0 Å². The van der Waals surface area contributed by atoms with Gasteiger partial charge >= 0.3 is 0 Å². The molecule has 1 aromatic carbocycles. The number of furan rings is 1. The van der Waals surface area contributed by atoms with E-state index in [1.165, 1.54) is 0 Å². The second-order valence-electron chi connectivity index (χ2n) is 7.00. The Hall–Kier alpha value is -3.19. The quantitative estimate of drug-likeness (QED) is 0.642. The molecule has 0 saturated carbocycles. The first-order valence-electron chi connectivity index (χ1n) is 9.81. The number of rotatable bonds is 6. The van der Waals surface area contributed by atoms with Crippen molar-refractivity contribution in [2.75, 3.05) is 32.8 Å². The van der Waals surface area contributed by atoms with Gasteiger partial charge in [0.05, 0.1) is 6.26 Å². The van der Waals surface area contributed by atoms with E-state index in [2.05, 4.69) is 14.9 Å². The monoisotopic (exact) mass is 392 g/mol. The van der Waals surface area contributed by atoms with Gasteiger partial charge < -0.3 is 14.1 Å². The fourth-order valence-corrected chi connectivity index (χ4v) is 3.36. The van der Waals surface area contributed by atoms with Crippen molar-refractivity contribution in [1.29, 1.82) is 0 Å². The van der Waals surface area contributed by atoms with Crippen molar-refractivity contribution < 1.29 is 13.9 Å². The van der Waals surface area contributed by atoms with Gasteiger partial charge in [0.1, 0.15) is 5.75 Å². The number of nitrogens with zero attached hydrogens (tertiary/aromatic N) is 4. The third-order valence-electron chi connectivity index (χ3n) is 4.90. The van der Waals surface area contributed by atoms with Gasteiger partial charge in [-0.3, -0.25) is 9.69 Å². The zero-order valence-electron chi connectivity index (χ0n) is 16.2. The Labute approximate surface area is 169 Å². The van der Waals surface area contributed by atoms with Crippen molar-refractivity contribution >= 4 is 5.91 Å². The third-order valence-corrected chi connectivity index (χ3v) is 4.90. The van der Waals surface area contributed by atoms with Crippen LogP contribution in [0, 0.1) is 0 Å². The van der Waals surface area contributed by atoms with E-state index in [0.717, 1.165) is 43.9 Å². The largest absolute Gasteiger partial charge is 0.484 e. The number of hydrogen-bond donors (Lipinski definition) is 0. The molecule has 2 aromatic heterocycles. The Morgan fingerprint density at radius 1 is 1.00 bits per heavy atom. The first-order chi connectivity index (χ1) is 14.3. The lowest BCUT2D eigenvalue weighted by Crippen LogP contribution is -2.38. The van der Waals surface area contributed by atoms with Crippen LogP contribution in [0.5, 0.6) is 5.75 Å². The molecule has 3 aromatic rings. The van der Waals surface area contributed by atoms with Crippen LogP contribution in [0.25, 0.3) is 11.6 Å². The summed E-state index contributed by atoms with van der Waals surface area (Å²) in [4.78, 5) is 25.5. The molecule has 4 rings (SSSR count). The number of para-hydroxylation sites is 1. The molecule has 0 spiro atoms. The Morgan fingerprint density at radius 2 is 1.83 bits per heavy atom. The van der Waals surface area contributed by atoms with Crippen LogP contribution in [0.4, 0.5) is 0 Å². The minimum Gasteiger partial charge on any atom is -0.484 e. The molecule has 0 radical (unpaired) electrons. The lowest BCUT2D eigenvalue weighted by atomic mass is 10.3. The van der Waals surface area contributed by atoms with Crippen molar-refractivity contribution in [1.82, 2.24) is 19.8 Å². The maximum atomic E-state index is 12.5. The average Bonchev–Trinajstić information content (AvgIpc) is 3.20. The van der Waals surface area contributed by atoms with Crippen molar-refractivity contribution in [3.8, 4) is 17.3 Å². The fraction of sp³-hybridized carbons (Fsp3) is 0.318. The highest BCUT2D eigenvalue weighted by atomic mass is 16.5. The van der Waals surface area contributed by atoms with Crippen LogP contribution in [-0.2, 0) is 11.3 Å². The lowest BCUT2D eigenvalue weighted by Gasteiger charge is -2.22. The van der Waals surface area contributed by atoms with E-state index >= 15 is 0 Å².